The van der Waals surface area contributed by atoms with Crippen molar-refractivity contribution >= 4 is 17.3 Å². The van der Waals surface area contributed by atoms with Crippen molar-refractivity contribution in [3.05, 3.63) is 59.2 Å². The van der Waals surface area contributed by atoms with Gasteiger partial charge in [-0.05, 0) is 84.4 Å². The van der Waals surface area contributed by atoms with Crippen molar-refractivity contribution in [3.8, 4) is 6.07 Å². The molecule has 5 atom stereocenters. The second-order valence-corrected chi connectivity index (χ2v) is 8.28. The molecule has 2 aromatic carbocycles. The second-order valence-electron chi connectivity index (χ2n) is 8.28. The molecule has 2 aliphatic carbocycles. The lowest BCUT2D eigenvalue weighted by atomic mass is 9.68. The van der Waals surface area contributed by atoms with Crippen LogP contribution in [0.15, 0.2) is 42.5 Å². The Balaban J connectivity index is 1.56. The SMILES string of the molecule is CC(=O)Nc1ccc2c(c1)[C@H]1[C@@H]3CC[C@H](C3)[C@@H]1[C@H](c1ccc(C#N)cc1)N2. The first-order valence-electron chi connectivity index (χ1n) is 9.82. The van der Waals surface area contributed by atoms with E-state index in [-0.39, 0.29) is 11.9 Å². The first kappa shape index (κ1) is 16.4. The molecule has 0 radical (unpaired) electrons. The minimum atomic E-state index is -0.0290. The Kier molecular flexibility index (Phi) is 3.72. The van der Waals surface area contributed by atoms with E-state index in [1.165, 1.54) is 36.1 Å². The average molecular weight is 357 g/mol. The fourth-order valence-electron chi connectivity index (χ4n) is 5.86. The molecule has 2 bridgehead atoms. The molecule has 0 unspecified atom stereocenters. The predicted octanol–water partition coefficient (Wildman–Crippen LogP) is 4.81. The first-order valence-corrected chi connectivity index (χ1v) is 9.82. The van der Waals surface area contributed by atoms with Crippen LogP contribution in [0.2, 0.25) is 0 Å². The number of fused-ring (bicyclic) bond motifs is 7. The molecule has 0 saturated heterocycles. The highest BCUT2D eigenvalue weighted by molar-refractivity contribution is 5.89. The number of rotatable bonds is 2. The van der Waals surface area contributed by atoms with Gasteiger partial charge in [-0.3, -0.25) is 4.79 Å². The van der Waals surface area contributed by atoms with Crippen LogP contribution in [0, 0.1) is 29.1 Å². The van der Waals surface area contributed by atoms with E-state index in [1.807, 2.05) is 18.2 Å². The van der Waals surface area contributed by atoms with Gasteiger partial charge < -0.3 is 10.6 Å². The second kappa shape index (κ2) is 6.13. The molecule has 2 aromatic rings. The van der Waals surface area contributed by atoms with Gasteiger partial charge >= 0.3 is 0 Å². The lowest BCUT2D eigenvalue weighted by molar-refractivity contribution is -0.114. The molecule has 2 saturated carbocycles. The number of hydrogen-bond donors (Lipinski definition) is 2. The van der Waals surface area contributed by atoms with E-state index in [0.29, 0.717) is 17.4 Å². The van der Waals surface area contributed by atoms with Gasteiger partial charge in [0.15, 0.2) is 0 Å². The molecule has 3 aliphatic rings. The fourth-order valence-corrected chi connectivity index (χ4v) is 5.86. The minimum absolute atomic E-state index is 0.0290. The number of anilines is 2. The van der Waals surface area contributed by atoms with Crippen LogP contribution in [-0.2, 0) is 4.79 Å². The van der Waals surface area contributed by atoms with Gasteiger partial charge in [-0.25, -0.2) is 0 Å². The number of amides is 1. The van der Waals surface area contributed by atoms with Gasteiger partial charge in [0.25, 0.3) is 0 Å². The summed E-state index contributed by atoms with van der Waals surface area (Å²) in [5.41, 5.74) is 5.42. The Bertz CT molecular complexity index is 943. The predicted molar refractivity (Wildman–Crippen MR) is 105 cm³/mol. The zero-order valence-corrected chi connectivity index (χ0v) is 15.4. The van der Waals surface area contributed by atoms with Gasteiger partial charge in [0.2, 0.25) is 5.91 Å². The van der Waals surface area contributed by atoms with Crippen LogP contribution in [0.3, 0.4) is 0 Å². The monoisotopic (exact) mass is 357 g/mol. The minimum Gasteiger partial charge on any atom is -0.378 e. The van der Waals surface area contributed by atoms with Crippen LogP contribution in [0.5, 0.6) is 0 Å². The third-order valence-corrected chi connectivity index (χ3v) is 6.81. The van der Waals surface area contributed by atoms with Crippen LogP contribution in [0.25, 0.3) is 0 Å². The van der Waals surface area contributed by atoms with Crippen molar-refractivity contribution in [1.29, 1.82) is 5.26 Å². The summed E-state index contributed by atoms with van der Waals surface area (Å²) < 4.78 is 0. The van der Waals surface area contributed by atoms with E-state index in [2.05, 4.69) is 41.0 Å². The fraction of sp³-hybridized carbons (Fsp3) is 0.391. The molecule has 1 heterocycles. The van der Waals surface area contributed by atoms with Crippen LogP contribution >= 0.6 is 0 Å². The molecular formula is C23H23N3O. The summed E-state index contributed by atoms with van der Waals surface area (Å²) in [6, 6.07) is 16.8. The standard InChI is InChI=1S/C23H23N3O/c1-13(27)25-18-8-9-20-19(11-18)21-16-6-7-17(10-16)22(21)23(26-20)15-4-2-14(12-24)3-5-15/h2-5,8-9,11,16-17,21-23,26H,6-7,10H2,1H3,(H,25,27)/t16-,17-,21-,22+,23+/m1/s1. The van der Waals surface area contributed by atoms with Gasteiger partial charge in [0, 0.05) is 18.3 Å². The number of benzene rings is 2. The molecule has 0 aromatic heterocycles. The van der Waals surface area contributed by atoms with Gasteiger partial charge in [0.05, 0.1) is 17.7 Å². The van der Waals surface area contributed by atoms with Crippen molar-refractivity contribution in [3.63, 3.8) is 0 Å². The zero-order chi connectivity index (χ0) is 18.5. The molecule has 1 amide bonds. The molecule has 2 N–H and O–H groups in total. The summed E-state index contributed by atoms with van der Waals surface area (Å²) in [7, 11) is 0. The van der Waals surface area contributed by atoms with E-state index in [9.17, 15) is 4.79 Å². The summed E-state index contributed by atoms with van der Waals surface area (Å²) in [6.07, 6.45) is 3.95. The van der Waals surface area contributed by atoms with E-state index in [4.69, 9.17) is 5.26 Å². The van der Waals surface area contributed by atoms with Gasteiger partial charge in [-0.2, -0.15) is 5.26 Å². The summed E-state index contributed by atoms with van der Waals surface area (Å²) >= 11 is 0. The van der Waals surface area contributed by atoms with Crippen molar-refractivity contribution in [2.24, 2.45) is 17.8 Å². The number of hydrogen-bond acceptors (Lipinski definition) is 3. The molecular weight excluding hydrogens is 334 g/mol. The smallest absolute Gasteiger partial charge is 0.221 e. The van der Waals surface area contributed by atoms with Gasteiger partial charge in [0.1, 0.15) is 0 Å². The summed E-state index contributed by atoms with van der Waals surface area (Å²) in [4.78, 5) is 11.5. The van der Waals surface area contributed by atoms with Crippen molar-refractivity contribution < 1.29 is 4.79 Å². The topological polar surface area (TPSA) is 64.9 Å². The quantitative estimate of drug-likeness (QED) is 0.810. The van der Waals surface area contributed by atoms with Crippen LogP contribution < -0.4 is 10.6 Å². The average Bonchev–Trinajstić information content (AvgIpc) is 3.29. The maximum absolute atomic E-state index is 11.5. The lowest BCUT2D eigenvalue weighted by Gasteiger charge is -2.43. The third kappa shape index (κ3) is 2.61. The van der Waals surface area contributed by atoms with E-state index < -0.39 is 0 Å². The van der Waals surface area contributed by atoms with Crippen LogP contribution in [0.1, 0.15) is 54.8 Å². The highest BCUT2D eigenvalue weighted by Gasteiger charge is 2.53. The number of nitrogens with one attached hydrogen (secondary N) is 2. The molecule has 4 nitrogen and oxygen atoms in total. The molecule has 2 fully saturated rings. The van der Waals surface area contributed by atoms with E-state index in [0.717, 1.165) is 17.5 Å². The maximum Gasteiger partial charge on any atom is 0.221 e. The Morgan fingerprint density at radius 2 is 1.93 bits per heavy atom. The number of carbonyl (C=O) groups excluding carboxylic acids is 1. The third-order valence-electron chi connectivity index (χ3n) is 6.81. The largest absolute Gasteiger partial charge is 0.378 e. The highest BCUT2D eigenvalue weighted by atomic mass is 16.1. The molecule has 5 rings (SSSR count). The molecule has 0 spiro atoms. The summed E-state index contributed by atoms with van der Waals surface area (Å²) in [6.45, 7) is 1.55. The van der Waals surface area contributed by atoms with Crippen molar-refractivity contribution in [1.82, 2.24) is 0 Å². The van der Waals surface area contributed by atoms with E-state index >= 15 is 0 Å². The summed E-state index contributed by atoms with van der Waals surface area (Å²) in [5, 5.41) is 15.8. The number of nitrogens with zero attached hydrogens (tertiary/aromatic N) is 1. The van der Waals surface area contributed by atoms with Gasteiger partial charge in [-0.15, -0.1) is 0 Å². The number of carbonyl (C=O) groups is 1. The molecule has 4 heteroatoms. The Hall–Kier alpha value is -2.80. The van der Waals surface area contributed by atoms with E-state index in [1.54, 1.807) is 6.92 Å². The highest BCUT2D eigenvalue weighted by Crippen LogP contribution is 2.63. The zero-order valence-electron chi connectivity index (χ0n) is 15.4. The van der Waals surface area contributed by atoms with Crippen molar-refractivity contribution in [2.45, 2.75) is 38.1 Å². The van der Waals surface area contributed by atoms with Crippen molar-refractivity contribution in [2.75, 3.05) is 10.6 Å². The molecule has 27 heavy (non-hydrogen) atoms. The Morgan fingerprint density at radius 3 is 2.67 bits per heavy atom. The summed E-state index contributed by atoms with van der Waals surface area (Å²) in [5.74, 6) is 2.60. The Labute approximate surface area is 159 Å². The first-order chi connectivity index (χ1) is 13.1. The molecule has 136 valence electrons. The van der Waals surface area contributed by atoms with Gasteiger partial charge in [-0.1, -0.05) is 12.1 Å². The maximum atomic E-state index is 11.5. The van der Waals surface area contributed by atoms with Crippen LogP contribution in [-0.4, -0.2) is 5.91 Å². The molecule has 1 aliphatic heterocycles. The Morgan fingerprint density at radius 1 is 1.15 bits per heavy atom. The lowest BCUT2D eigenvalue weighted by Crippen LogP contribution is -2.35. The van der Waals surface area contributed by atoms with Crippen LogP contribution in [0.4, 0.5) is 11.4 Å². The number of nitriles is 1. The normalized spacial score (nSPS) is 30.0.